The van der Waals surface area contributed by atoms with Gasteiger partial charge in [0.25, 0.3) is 5.91 Å². The van der Waals surface area contributed by atoms with Crippen molar-refractivity contribution in [2.24, 2.45) is 7.05 Å². The number of carbonyl (C=O) groups excluding carboxylic acids is 1. The fourth-order valence-corrected chi connectivity index (χ4v) is 3.80. The minimum Gasteiger partial charge on any atom is -0.439 e. The van der Waals surface area contributed by atoms with Gasteiger partial charge in [0.15, 0.2) is 0 Å². The summed E-state index contributed by atoms with van der Waals surface area (Å²) >= 11 is 6.04. The zero-order valence-corrected chi connectivity index (χ0v) is 19.9. The summed E-state index contributed by atoms with van der Waals surface area (Å²) in [5.41, 5.74) is 3.13. The second-order valence-electron chi connectivity index (χ2n) is 7.76. The van der Waals surface area contributed by atoms with E-state index in [-0.39, 0.29) is 5.91 Å². The Hall–Kier alpha value is -3.61. The zero-order chi connectivity index (χ0) is 23.9. The molecule has 0 aliphatic carbocycles. The van der Waals surface area contributed by atoms with Gasteiger partial charge >= 0.3 is 0 Å². The van der Waals surface area contributed by atoms with Crippen LogP contribution in [0.25, 0.3) is 11.3 Å². The lowest BCUT2D eigenvalue weighted by Crippen LogP contribution is -2.33. The molecule has 0 spiro atoms. The zero-order valence-electron chi connectivity index (χ0n) is 19.1. The predicted molar refractivity (Wildman–Crippen MR) is 133 cm³/mol. The molecule has 3 aromatic carbocycles. The van der Waals surface area contributed by atoms with Crippen molar-refractivity contribution in [1.82, 2.24) is 14.7 Å². The van der Waals surface area contributed by atoms with E-state index in [2.05, 4.69) is 0 Å². The molecule has 0 fully saturated rings. The molecule has 34 heavy (non-hydrogen) atoms. The molecule has 0 radical (unpaired) electrons. The van der Waals surface area contributed by atoms with E-state index in [1.165, 1.54) is 0 Å². The van der Waals surface area contributed by atoms with E-state index in [9.17, 15) is 4.79 Å². The van der Waals surface area contributed by atoms with Gasteiger partial charge in [0.1, 0.15) is 11.4 Å². The van der Waals surface area contributed by atoms with Gasteiger partial charge in [-0.15, -0.1) is 0 Å². The highest BCUT2D eigenvalue weighted by molar-refractivity contribution is 6.30. The summed E-state index contributed by atoms with van der Waals surface area (Å²) in [6.07, 6.45) is 0. The Balaban J connectivity index is 1.76. The van der Waals surface area contributed by atoms with Gasteiger partial charge in [-0.3, -0.25) is 4.79 Å². The molecular weight excluding hydrogens is 450 g/mol. The first-order valence-electron chi connectivity index (χ1n) is 10.9. The number of benzene rings is 3. The predicted octanol–water partition coefficient (Wildman–Crippen LogP) is 5.82. The molecule has 0 aliphatic rings. The molecule has 1 heterocycles. The first kappa shape index (κ1) is 23.5. The maximum atomic E-state index is 13.4. The Kier molecular flexibility index (Phi) is 7.62. The van der Waals surface area contributed by atoms with Gasteiger partial charge in [-0.1, -0.05) is 60.1 Å². The van der Waals surface area contributed by atoms with Crippen LogP contribution >= 0.6 is 11.6 Å². The molecule has 4 aromatic rings. The van der Waals surface area contributed by atoms with E-state index in [1.54, 1.807) is 41.0 Å². The fraction of sp³-hybridized carbons (Fsp3) is 0.185. The second-order valence-corrected chi connectivity index (χ2v) is 8.20. The van der Waals surface area contributed by atoms with Crippen molar-refractivity contribution in [2.75, 3.05) is 20.3 Å². The first-order chi connectivity index (χ1) is 16.6. The normalized spacial score (nSPS) is 10.8. The maximum absolute atomic E-state index is 13.4. The van der Waals surface area contributed by atoms with Crippen molar-refractivity contribution in [3.05, 3.63) is 101 Å². The molecule has 1 aromatic heterocycles. The summed E-state index contributed by atoms with van der Waals surface area (Å²) in [6, 6.07) is 26.3. The molecule has 0 aliphatic heterocycles. The fourth-order valence-electron chi connectivity index (χ4n) is 3.67. The third kappa shape index (κ3) is 5.47. The molecule has 4 rings (SSSR count). The quantitative estimate of drug-likeness (QED) is 0.306. The Morgan fingerprint density at radius 3 is 2.26 bits per heavy atom. The Morgan fingerprint density at radius 2 is 1.62 bits per heavy atom. The third-order valence-electron chi connectivity index (χ3n) is 5.39. The van der Waals surface area contributed by atoms with Crippen LogP contribution in [-0.4, -0.2) is 40.8 Å². The molecule has 0 bridgehead atoms. The van der Waals surface area contributed by atoms with Gasteiger partial charge in [0.05, 0.1) is 18.7 Å². The molecule has 174 valence electrons. The number of rotatable bonds is 9. The highest BCUT2D eigenvalue weighted by atomic mass is 35.5. The summed E-state index contributed by atoms with van der Waals surface area (Å²) in [5, 5.41) is 5.38. The van der Waals surface area contributed by atoms with Gasteiger partial charge in [0.2, 0.25) is 5.88 Å². The number of aromatic nitrogens is 2. The van der Waals surface area contributed by atoms with Crippen molar-refractivity contribution in [3.8, 4) is 22.9 Å². The third-order valence-corrected chi connectivity index (χ3v) is 5.64. The van der Waals surface area contributed by atoms with E-state index >= 15 is 0 Å². The van der Waals surface area contributed by atoms with Crippen molar-refractivity contribution in [1.29, 1.82) is 0 Å². The van der Waals surface area contributed by atoms with E-state index in [4.69, 9.17) is 26.2 Å². The first-order valence-corrected chi connectivity index (χ1v) is 11.3. The summed E-state index contributed by atoms with van der Waals surface area (Å²) < 4.78 is 13.3. The number of halogens is 1. The molecular formula is C27H26ClN3O3. The summed E-state index contributed by atoms with van der Waals surface area (Å²) in [6.45, 7) is 1.14. The van der Waals surface area contributed by atoms with Crippen molar-refractivity contribution in [2.45, 2.75) is 6.54 Å². The average molecular weight is 476 g/mol. The lowest BCUT2D eigenvalue weighted by molar-refractivity contribution is 0.0679. The van der Waals surface area contributed by atoms with Crippen LogP contribution in [0.3, 0.4) is 0 Å². The molecule has 0 saturated heterocycles. The SMILES string of the molecule is COCCN(Cc1c(-c2ccccc2)nn(C)c1Oc1ccc(Cl)cc1)C(=O)c1ccccc1. The van der Waals surface area contributed by atoms with Crippen LogP contribution in [0.2, 0.25) is 5.02 Å². The highest BCUT2D eigenvalue weighted by Gasteiger charge is 2.25. The minimum absolute atomic E-state index is 0.0852. The number of aryl methyl sites for hydroxylation is 1. The topological polar surface area (TPSA) is 56.6 Å². The van der Waals surface area contributed by atoms with Gasteiger partial charge in [-0.25, -0.2) is 4.68 Å². The van der Waals surface area contributed by atoms with Crippen LogP contribution < -0.4 is 4.74 Å². The monoisotopic (exact) mass is 475 g/mol. The number of methoxy groups -OCH3 is 1. The lowest BCUT2D eigenvalue weighted by atomic mass is 10.1. The summed E-state index contributed by atoms with van der Waals surface area (Å²) in [4.78, 5) is 15.2. The van der Waals surface area contributed by atoms with Gasteiger partial charge < -0.3 is 14.4 Å². The lowest BCUT2D eigenvalue weighted by Gasteiger charge is -2.23. The van der Waals surface area contributed by atoms with Crippen molar-refractivity contribution < 1.29 is 14.3 Å². The molecule has 0 atom stereocenters. The van der Waals surface area contributed by atoms with E-state index in [0.717, 1.165) is 16.8 Å². The standard InChI is InChI=1S/C27H26ClN3O3/c1-30-27(34-23-15-13-22(28)14-16-23)24(25(29-30)20-9-5-3-6-10-20)19-31(17-18-33-2)26(32)21-11-7-4-8-12-21/h3-16H,17-19H2,1-2H3. The van der Waals surface area contributed by atoms with Crippen molar-refractivity contribution in [3.63, 3.8) is 0 Å². The van der Waals surface area contributed by atoms with Crippen LogP contribution in [0.4, 0.5) is 0 Å². The molecule has 1 amide bonds. The smallest absolute Gasteiger partial charge is 0.254 e. The molecule has 0 N–H and O–H groups in total. The van der Waals surface area contributed by atoms with E-state index < -0.39 is 0 Å². The number of hydrogen-bond acceptors (Lipinski definition) is 4. The number of nitrogens with zero attached hydrogens (tertiary/aromatic N) is 3. The largest absolute Gasteiger partial charge is 0.439 e. The van der Waals surface area contributed by atoms with Gasteiger partial charge in [-0.2, -0.15) is 5.10 Å². The number of carbonyl (C=O) groups is 1. The second kappa shape index (κ2) is 11.0. The van der Waals surface area contributed by atoms with E-state index in [1.807, 2.05) is 67.7 Å². The maximum Gasteiger partial charge on any atom is 0.254 e. The van der Waals surface area contributed by atoms with Crippen LogP contribution in [0, 0.1) is 0 Å². The Morgan fingerprint density at radius 1 is 0.971 bits per heavy atom. The molecule has 0 unspecified atom stereocenters. The molecule has 6 nitrogen and oxygen atoms in total. The number of hydrogen-bond donors (Lipinski definition) is 0. The minimum atomic E-state index is -0.0852. The number of ether oxygens (including phenoxy) is 2. The molecule has 7 heteroatoms. The van der Waals surface area contributed by atoms with Crippen LogP contribution in [0.5, 0.6) is 11.6 Å². The average Bonchev–Trinajstić information content (AvgIpc) is 3.18. The van der Waals surface area contributed by atoms with Crippen LogP contribution in [0.15, 0.2) is 84.9 Å². The Bertz CT molecular complexity index is 1230. The van der Waals surface area contributed by atoms with E-state index in [0.29, 0.717) is 41.9 Å². The summed E-state index contributed by atoms with van der Waals surface area (Å²) in [7, 11) is 3.46. The van der Waals surface area contributed by atoms with Crippen LogP contribution in [0.1, 0.15) is 15.9 Å². The molecule has 0 saturated carbocycles. The van der Waals surface area contributed by atoms with Gasteiger partial charge in [-0.05, 0) is 36.4 Å². The number of amides is 1. The highest BCUT2D eigenvalue weighted by Crippen LogP contribution is 2.34. The summed E-state index contributed by atoms with van der Waals surface area (Å²) in [5.74, 6) is 1.11. The van der Waals surface area contributed by atoms with Crippen molar-refractivity contribution >= 4 is 17.5 Å². The Labute approximate surface area is 204 Å². The van der Waals surface area contributed by atoms with Gasteiger partial charge in [0, 0.05) is 36.9 Å². The van der Waals surface area contributed by atoms with Crippen LogP contribution in [-0.2, 0) is 18.3 Å².